The van der Waals surface area contributed by atoms with Crippen molar-refractivity contribution < 1.29 is 18.0 Å². The Hall–Kier alpha value is -2.29. The van der Waals surface area contributed by atoms with Crippen LogP contribution in [0.1, 0.15) is 57.6 Å². The third-order valence-corrected chi connectivity index (χ3v) is 7.92. The fraction of sp³-hybridized carbons (Fsp3) is 0.481. The number of hydrogen-bond acceptors (Lipinski definition) is 4. The van der Waals surface area contributed by atoms with Crippen LogP contribution in [0.2, 0.25) is 10.0 Å². The largest absolute Gasteiger partial charge is 0.352 e. The Balaban J connectivity index is 2.25. The Labute approximate surface area is 231 Å². The van der Waals surface area contributed by atoms with Crippen molar-refractivity contribution in [2.45, 2.75) is 72.0 Å². The summed E-state index contributed by atoms with van der Waals surface area (Å²) in [6.45, 7) is 8.10. The standard InChI is InChI=1S/C27H37Cl2N3O4S/c1-6-20(4)30-27(34)24(7-2)31(18-21-12-10-19(3)11-13-21)26(33)9-8-16-32(37(5,35)36)25-17-22(28)14-15-23(25)29/h10-15,17,20,24H,6-9,16,18H2,1-5H3,(H,30,34)/t20-,24-/m0/s1. The number of nitrogens with one attached hydrogen (secondary N) is 1. The van der Waals surface area contributed by atoms with Gasteiger partial charge in [-0.25, -0.2) is 8.42 Å². The number of carbonyl (C=O) groups excluding carboxylic acids is 2. The monoisotopic (exact) mass is 569 g/mol. The highest BCUT2D eigenvalue weighted by Gasteiger charge is 2.29. The summed E-state index contributed by atoms with van der Waals surface area (Å²) in [6, 6.07) is 11.8. The van der Waals surface area contributed by atoms with Crippen LogP contribution < -0.4 is 9.62 Å². The minimum Gasteiger partial charge on any atom is -0.352 e. The molecule has 204 valence electrons. The molecule has 2 aromatic carbocycles. The van der Waals surface area contributed by atoms with Gasteiger partial charge in [-0.15, -0.1) is 0 Å². The number of amides is 2. The van der Waals surface area contributed by atoms with Crippen LogP contribution in [0.4, 0.5) is 5.69 Å². The second kappa shape index (κ2) is 14.0. The molecule has 10 heteroatoms. The Morgan fingerprint density at radius 1 is 1.03 bits per heavy atom. The summed E-state index contributed by atoms with van der Waals surface area (Å²) >= 11 is 12.3. The minimum absolute atomic E-state index is 0.0105. The molecule has 0 aliphatic carbocycles. The molecule has 0 radical (unpaired) electrons. The highest BCUT2D eigenvalue weighted by molar-refractivity contribution is 7.92. The second-order valence-corrected chi connectivity index (χ2v) is 12.0. The fourth-order valence-electron chi connectivity index (χ4n) is 3.91. The topological polar surface area (TPSA) is 86.8 Å². The molecule has 0 fully saturated rings. The van der Waals surface area contributed by atoms with Crippen LogP contribution in [0, 0.1) is 6.92 Å². The zero-order chi connectivity index (χ0) is 27.8. The molecule has 2 aromatic rings. The van der Waals surface area contributed by atoms with Gasteiger partial charge in [0, 0.05) is 30.6 Å². The van der Waals surface area contributed by atoms with E-state index in [-0.39, 0.29) is 54.5 Å². The van der Waals surface area contributed by atoms with Gasteiger partial charge in [-0.2, -0.15) is 0 Å². The van der Waals surface area contributed by atoms with Crippen LogP contribution in [-0.2, 0) is 26.2 Å². The van der Waals surface area contributed by atoms with Crippen LogP contribution in [0.15, 0.2) is 42.5 Å². The van der Waals surface area contributed by atoms with Gasteiger partial charge < -0.3 is 10.2 Å². The van der Waals surface area contributed by atoms with Gasteiger partial charge in [0.2, 0.25) is 21.8 Å². The lowest BCUT2D eigenvalue weighted by Gasteiger charge is -2.32. The van der Waals surface area contributed by atoms with Crippen LogP contribution in [0.25, 0.3) is 0 Å². The maximum Gasteiger partial charge on any atom is 0.243 e. The Morgan fingerprint density at radius 2 is 1.68 bits per heavy atom. The molecule has 2 atom stereocenters. The number of anilines is 1. The fourth-order valence-corrected chi connectivity index (χ4v) is 5.32. The van der Waals surface area contributed by atoms with E-state index < -0.39 is 16.1 Å². The van der Waals surface area contributed by atoms with Crippen molar-refractivity contribution in [3.63, 3.8) is 0 Å². The molecule has 0 aliphatic heterocycles. The molecule has 2 rings (SSSR count). The molecule has 0 heterocycles. The highest BCUT2D eigenvalue weighted by atomic mass is 35.5. The van der Waals surface area contributed by atoms with E-state index in [1.54, 1.807) is 11.0 Å². The predicted octanol–water partition coefficient (Wildman–Crippen LogP) is 5.57. The summed E-state index contributed by atoms with van der Waals surface area (Å²) in [6.07, 6.45) is 2.61. The van der Waals surface area contributed by atoms with Crippen molar-refractivity contribution in [1.82, 2.24) is 10.2 Å². The van der Waals surface area contributed by atoms with Gasteiger partial charge in [0.05, 0.1) is 17.0 Å². The Kier molecular flexibility index (Phi) is 11.7. The van der Waals surface area contributed by atoms with Gasteiger partial charge in [-0.05, 0) is 56.9 Å². The van der Waals surface area contributed by atoms with Gasteiger partial charge in [0.1, 0.15) is 6.04 Å². The van der Waals surface area contributed by atoms with Crippen LogP contribution in [-0.4, -0.2) is 50.0 Å². The smallest absolute Gasteiger partial charge is 0.243 e. The van der Waals surface area contributed by atoms with Crippen molar-refractivity contribution in [3.05, 3.63) is 63.6 Å². The zero-order valence-electron chi connectivity index (χ0n) is 22.1. The molecule has 2 amide bonds. The van der Waals surface area contributed by atoms with Crippen molar-refractivity contribution in [3.8, 4) is 0 Å². The number of rotatable bonds is 13. The quantitative estimate of drug-likeness (QED) is 0.341. The van der Waals surface area contributed by atoms with Gasteiger partial charge in [0.25, 0.3) is 0 Å². The number of aryl methyl sites for hydroxylation is 1. The average Bonchev–Trinajstić information content (AvgIpc) is 2.83. The number of benzene rings is 2. The summed E-state index contributed by atoms with van der Waals surface area (Å²) < 4.78 is 26.2. The van der Waals surface area contributed by atoms with Crippen molar-refractivity contribution >= 4 is 50.7 Å². The van der Waals surface area contributed by atoms with Crippen molar-refractivity contribution in [1.29, 1.82) is 0 Å². The molecule has 0 aliphatic rings. The van der Waals surface area contributed by atoms with Gasteiger partial charge >= 0.3 is 0 Å². The molecular weight excluding hydrogens is 533 g/mol. The second-order valence-electron chi connectivity index (χ2n) is 9.28. The van der Waals surface area contributed by atoms with E-state index in [2.05, 4.69) is 5.32 Å². The molecule has 0 bridgehead atoms. The number of carbonyl (C=O) groups is 2. The number of sulfonamides is 1. The first-order valence-corrected chi connectivity index (χ1v) is 15.1. The van der Waals surface area contributed by atoms with Gasteiger partial charge in [-0.1, -0.05) is 66.9 Å². The van der Waals surface area contributed by atoms with E-state index in [1.165, 1.54) is 12.1 Å². The molecule has 0 saturated carbocycles. The SMILES string of the molecule is CC[C@H](C)NC(=O)[C@H](CC)N(Cc1ccc(C)cc1)C(=O)CCCN(c1cc(Cl)ccc1Cl)S(C)(=O)=O. The first-order valence-electron chi connectivity index (χ1n) is 12.5. The minimum atomic E-state index is -3.68. The molecular formula is C27H37Cl2N3O4S. The Morgan fingerprint density at radius 3 is 2.24 bits per heavy atom. The van der Waals surface area contributed by atoms with E-state index in [0.29, 0.717) is 11.4 Å². The summed E-state index contributed by atoms with van der Waals surface area (Å²) in [4.78, 5) is 28.2. The van der Waals surface area contributed by atoms with E-state index >= 15 is 0 Å². The number of nitrogens with zero attached hydrogens (tertiary/aromatic N) is 2. The van der Waals surface area contributed by atoms with Crippen LogP contribution >= 0.6 is 23.2 Å². The molecule has 0 spiro atoms. The molecule has 0 unspecified atom stereocenters. The third-order valence-electron chi connectivity index (χ3n) is 6.19. The summed E-state index contributed by atoms with van der Waals surface area (Å²) in [5, 5.41) is 3.59. The summed E-state index contributed by atoms with van der Waals surface area (Å²) in [5.74, 6) is -0.418. The highest BCUT2D eigenvalue weighted by Crippen LogP contribution is 2.31. The summed E-state index contributed by atoms with van der Waals surface area (Å²) in [5.41, 5.74) is 2.28. The first-order chi connectivity index (χ1) is 17.4. The molecule has 37 heavy (non-hydrogen) atoms. The maximum atomic E-state index is 13.5. The van der Waals surface area contributed by atoms with Crippen molar-refractivity contribution in [2.75, 3.05) is 17.1 Å². The van der Waals surface area contributed by atoms with Crippen LogP contribution in [0.3, 0.4) is 0 Å². The predicted molar refractivity (Wildman–Crippen MR) is 152 cm³/mol. The number of halogens is 2. The molecule has 0 aromatic heterocycles. The maximum absolute atomic E-state index is 13.5. The van der Waals surface area contributed by atoms with Gasteiger partial charge in [-0.3, -0.25) is 13.9 Å². The first kappa shape index (κ1) is 30.9. The van der Waals surface area contributed by atoms with Gasteiger partial charge in [0.15, 0.2) is 0 Å². The number of hydrogen-bond donors (Lipinski definition) is 1. The molecule has 7 nitrogen and oxygen atoms in total. The lowest BCUT2D eigenvalue weighted by atomic mass is 10.1. The lowest BCUT2D eigenvalue weighted by Crippen LogP contribution is -2.50. The Bertz CT molecular complexity index is 1170. The van der Waals surface area contributed by atoms with Crippen LogP contribution in [0.5, 0.6) is 0 Å². The van der Waals surface area contributed by atoms with E-state index in [0.717, 1.165) is 28.1 Å². The zero-order valence-corrected chi connectivity index (χ0v) is 24.5. The average molecular weight is 571 g/mol. The third kappa shape index (κ3) is 9.20. The van der Waals surface area contributed by atoms with E-state index in [1.807, 2.05) is 52.0 Å². The lowest BCUT2D eigenvalue weighted by molar-refractivity contribution is -0.141. The molecule has 1 N–H and O–H groups in total. The van der Waals surface area contributed by atoms with E-state index in [4.69, 9.17) is 23.2 Å². The van der Waals surface area contributed by atoms with E-state index in [9.17, 15) is 18.0 Å². The van der Waals surface area contributed by atoms with Crippen molar-refractivity contribution in [2.24, 2.45) is 0 Å². The normalized spacial score (nSPS) is 13.1. The summed E-state index contributed by atoms with van der Waals surface area (Å²) in [7, 11) is -3.68. The molecule has 0 saturated heterocycles.